The van der Waals surface area contributed by atoms with Gasteiger partial charge in [-0.15, -0.1) is 0 Å². The van der Waals surface area contributed by atoms with Crippen molar-refractivity contribution in [3.8, 4) is 5.69 Å². The van der Waals surface area contributed by atoms with Gasteiger partial charge in [0.1, 0.15) is 5.69 Å². The van der Waals surface area contributed by atoms with Gasteiger partial charge in [0.2, 0.25) is 5.91 Å². The van der Waals surface area contributed by atoms with Crippen LogP contribution in [0.2, 0.25) is 5.15 Å². The minimum Gasteiger partial charge on any atom is -0.308 e. The summed E-state index contributed by atoms with van der Waals surface area (Å²) >= 11 is 7.61. The van der Waals surface area contributed by atoms with E-state index in [0.29, 0.717) is 24.5 Å². The summed E-state index contributed by atoms with van der Waals surface area (Å²) in [4.78, 5) is 18.3. The molecular weight excluding hydrogens is 408 g/mol. The minimum absolute atomic E-state index is 0.0319. The molecule has 0 aliphatic heterocycles. The van der Waals surface area contributed by atoms with Crippen LogP contribution >= 0.6 is 23.5 Å². The van der Waals surface area contributed by atoms with Crippen LogP contribution in [-0.4, -0.2) is 56.8 Å². The number of amides is 1. The van der Waals surface area contributed by atoms with E-state index in [1.165, 1.54) is 11.9 Å². The molecule has 0 bridgehead atoms. The number of alkyl halides is 2. The normalized spacial score (nSPS) is 17.7. The molecule has 0 radical (unpaired) electrons. The number of nitrogens with zero attached hydrogens (tertiary/aromatic N) is 5. The maximum atomic E-state index is 12.9. The van der Waals surface area contributed by atoms with E-state index in [0.717, 1.165) is 5.69 Å². The van der Waals surface area contributed by atoms with Crippen molar-refractivity contribution in [2.24, 2.45) is 5.92 Å². The third-order valence-electron chi connectivity index (χ3n) is 4.56. The second-order valence-corrected chi connectivity index (χ2v) is 8.23. The van der Waals surface area contributed by atoms with E-state index in [-0.39, 0.29) is 23.9 Å². The van der Waals surface area contributed by atoms with E-state index in [1.807, 2.05) is 24.3 Å². The summed E-state index contributed by atoms with van der Waals surface area (Å²) in [6.45, 7) is 2.78. The van der Waals surface area contributed by atoms with Gasteiger partial charge in [-0.05, 0) is 26.1 Å². The summed E-state index contributed by atoms with van der Waals surface area (Å²) in [6, 6.07) is 3.63. The first kappa shape index (κ1) is 21.0. The van der Waals surface area contributed by atoms with Crippen LogP contribution in [0.5, 0.6) is 0 Å². The molecule has 2 aromatic rings. The fraction of sp³-hybridized carbons (Fsp3) is 0.500. The van der Waals surface area contributed by atoms with Crippen molar-refractivity contribution < 1.29 is 13.6 Å². The van der Waals surface area contributed by atoms with E-state index >= 15 is 0 Å². The van der Waals surface area contributed by atoms with E-state index in [1.54, 1.807) is 34.2 Å². The molecule has 0 aromatic carbocycles. The molecule has 28 heavy (non-hydrogen) atoms. The summed E-state index contributed by atoms with van der Waals surface area (Å²) in [7, 11) is 1.81. The molecule has 1 atom stereocenters. The van der Waals surface area contributed by atoms with Crippen LogP contribution in [0.1, 0.15) is 19.8 Å². The van der Waals surface area contributed by atoms with E-state index < -0.39 is 11.8 Å². The van der Waals surface area contributed by atoms with Crippen LogP contribution in [0.25, 0.3) is 5.69 Å². The quantitative estimate of drug-likeness (QED) is 0.566. The zero-order valence-corrected chi connectivity index (χ0v) is 17.3. The zero-order chi connectivity index (χ0) is 20.3. The predicted molar refractivity (Wildman–Crippen MR) is 107 cm³/mol. The van der Waals surface area contributed by atoms with E-state index in [2.05, 4.69) is 10.1 Å². The molecule has 1 fully saturated rings. The van der Waals surface area contributed by atoms with Gasteiger partial charge in [-0.1, -0.05) is 23.5 Å². The molecule has 1 aliphatic carbocycles. The highest BCUT2D eigenvalue weighted by Gasteiger charge is 2.56. The van der Waals surface area contributed by atoms with Gasteiger partial charge in [0.25, 0.3) is 5.92 Å². The van der Waals surface area contributed by atoms with E-state index in [4.69, 9.17) is 11.6 Å². The van der Waals surface area contributed by atoms with Crippen molar-refractivity contribution in [2.45, 2.75) is 25.7 Å². The predicted octanol–water partition coefficient (Wildman–Crippen LogP) is 3.90. The third kappa shape index (κ3) is 5.01. The number of carbonyl (C=O) groups excluding carboxylic acids is 1. The van der Waals surface area contributed by atoms with Gasteiger partial charge >= 0.3 is 0 Å². The Kier molecular flexibility index (Phi) is 6.57. The Hall–Kier alpha value is -1.71. The first-order chi connectivity index (χ1) is 13.3. The highest BCUT2D eigenvalue weighted by molar-refractivity contribution is 7.97. The molecule has 10 heteroatoms. The monoisotopic (exact) mass is 429 g/mol. The Bertz CT molecular complexity index is 820. The molecule has 0 spiro atoms. The Morgan fingerprint density at radius 2 is 2.25 bits per heavy atom. The number of halogens is 3. The van der Waals surface area contributed by atoms with Gasteiger partial charge in [0.15, 0.2) is 5.15 Å². The number of aromatic nitrogens is 3. The van der Waals surface area contributed by atoms with Crippen molar-refractivity contribution in [3.63, 3.8) is 0 Å². The Morgan fingerprint density at radius 3 is 2.86 bits per heavy atom. The Morgan fingerprint density at radius 1 is 1.50 bits per heavy atom. The van der Waals surface area contributed by atoms with Crippen molar-refractivity contribution in [1.82, 2.24) is 19.1 Å². The molecule has 6 nitrogen and oxygen atoms in total. The van der Waals surface area contributed by atoms with Crippen LogP contribution in [0.3, 0.4) is 0 Å². The first-order valence-electron chi connectivity index (χ1n) is 8.99. The van der Waals surface area contributed by atoms with Gasteiger partial charge in [0.05, 0.1) is 18.1 Å². The molecule has 1 aliphatic rings. The van der Waals surface area contributed by atoms with Crippen molar-refractivity contribution in [2.75, 3.05) is 30.8 Å². The molecule has 0 N–H and O–H groups in total. The summed E-state index contributed by atoms with van der Waals surface area (Å²) in [5.74, 6) is -2.77. The van der Waals surface area contributed by atoms with E-state index in [9.17, 15) is 13.6 Å². The summed E-state index contributed by atoms with van der Waals surface area (Å²) in [6.07, 6.45) is 5.24. The number of rotatable bonds is 9. The molecule has 1 saturated carbocycles. The molecule has 1 amide bonds. The number of pyridine rings is 1. The summed E-state index contributed by atoms with van der Waals surface area (Å²) in [5.41, 5.74) is 1.28. The SMILES string of the molecule is CCN(C(=O)CCN(C)SCC1CC1(F)F)c1cn(-c2cccnc2)nc1Cl. The van der Waals surface area contributed by atoms with Crippen LogP contribution in [0.4, 0.5) is 14.5 Å². The average Bonchev–Trinajstić information content (AvgIpc) is 3.11. The Balaban J connectivity index is 1.57. The third-order valence-corrected chi connectivity index (χ3v) is 6.01. The van der Waals surface area contributed by atoms with Crippen LogP contribution < -0.4 is 4.90 Å². The molecule has 2 heterocycles. The molecule has 0 saturated heterocycles. The molecule has 152 valence electrons. The van der Waals surface area contributed by atoms with Crippen LogP contribution in [-0.2, 0) is 4.79 Å². The number of hydrogen-bond acceptors (Lipinski definition) is 5. The van der Waals surface area contributed by atoms with Crippen molar-refractivity contribution in [1.29, 1.82) is 0 Å². The topological polar surface area (TPSA) is 54.3 Å². The molecule has 1 unspecified atom stereocenters. The maximum Gasteiger partial charge on any atom is 0.252 e. The van der Waals surface area contributed by atoms with Gasteiger partial charge in [0, 0.05) is 43.8 Å². The minimum atomic E-state index is -2.51. The first-order valence-corrected chi connectivity index (χ1v) is 10.3. The average molecular weight is 430 g/mol. The second kappa shape index (κ2) is 8.75. The maximum absolute atomic E-state index is 12.9. The zero-order valence-electron chi connectivity index (χ0n) is 15.7. The fourth-order valence-corrected chi connectivity index (χ4v) is 4.00. The van der Waals surface area contributed by atoms with Gasteiger partial charge in [-0.25, -0.2) is 13.5 Å². The molecule has 2 aromatic heterocycles. The fourth-order valence-electron chi connectivity index (χ4n) is 2.75. The standard InChI is InChI=1S/C18H22ClF2N5OS/c1-3-25(15-11-26(23-17(15)19)14-5-4-7-22-10-14)16(27)6-8-24(2)28-12-13-9-18(13,20)21/h4-5,7,10-11,13H,3,6,8-9,12H2,1-2H3. The largest absolute Gasteiger partial charge is 0.308 e. The lowest BCUT2D eigenvalue weighted by Crippen LogP contribution is -2.32. The van der Waals surface area contributed by atoms with Crippen molar-refractivity contribution in [3.05, 3.63) is 35.9 Å². The number of anilines is 1. The van der Waals surface area contributed by atoms with Crippen LogP contribution in [0, 0.1) is 5.92 Å². The molecule has 3 rings (SSSR count). The summed E-state index contributed by atoms with van der Waals surface area (Å²) < 4.78 is 29.3. The number of carbonyl (C=O) groups is 1. The lowest BCUT2D eigenvalue weighted by molar-refractivity contribution is -0.118. The second-order valence-electron chi connectivity index (χ2n) is 6.66. The van der Waals surface area contributed by atoms with Gasteiger partial charge < -0.3 is 4.90 Å². The number of hydrogen-bond donors (Lipinski definition) is 0. The van der Waals surface area contributed by atoms with Gasteiger partial charge in [-0.3, -0.25) is 14.1 Å². The Labute approximate surface area is 172 Å². The smallest absolute Gasteiger partial charge is 0.252 e. The lowest BCUT2D eigenvalue weighted by atomic mass is 10.3. The van der Waals surface area contributed by atoms with Crippen molar-refractivity contribution >= 4 is 35.1 Å². The highest BCUT2D eigenvalue weighted by atomic mass is 35.5. The van der Waals surface area contributed by atoms with Crippen LogP contribution in [0.15, 0.2) is 30.7 Å². The lowest BCUT2D eigenvalue weighted by Gasteiger charge is -2.21. The molecular formula is C18H22ClF2N5OS. The summed E-state index contributed by atoms with van der Waals surface area (Å²) in [5, 5.41) is 4.49. The van der Waals surface area contributed by atoms with Gasteiger partial charge in [-0.2, -0.15) is 5.10 Å². The highest BCUT2D eigenvalue weighted by Crippen LogP contribution is 2.50.